The number of nitrogens with one attached hydrogen (secondary N) is 1. The molecule has 96 valence electrons. The molecule has 0 aliphatic carbocycles. The van der Waals surface area contributed by atoms with Crippen LogP contribution < -0.4 is 5.32 Å². The molecular formula is C13H18N4S. The van der Waals surface area contributed by atoms with Crippen molar-refractivity contribution in [3.05, 3.63) is 35.7 Å². The molecule has 0 bridgehead atoms. The van der Waals surface area contributed by atoms with E-state index in [1.165, 1.54) is 16.0 Å². The van der Waals surface area contributed by atoms with Gasteiger partial charge in [0.25, 0.3) is 0 Å². The molecule has 5 heteroatoms. The molecule has 0 saturated heterocycles. The van der Waals surface area contributed by atoms with Crippen molar-refractivity contribution in [2.24, 2.45) is 7.05 Å². The molecule has 0 unspecified atom stereocenters. The van der Waals surface area contributed by atoms with Gasteiger partial charge in [-0.25, -0.2) is 0 Å². The van der Waals surface area contributed by atoms with Gasteiger partial charge >= 0.3 is 0 Å². The smallest absolute Gasteiger partial charge is 0.195 e. The molecule has 0 fully saturated rings. The molecule has 1 heterocycles. The normalized spacial score (nSPS) is 10.8. The van der Waals surface area contributed by atoms with E-state index in [0.717, 1.165) is 18.2 Å². The fourth-order valence-electron chi connectivity index (χ4n) is 1.67. The minimum absolute atomic E-state index is 0.914. The van der Waals surface area contributed by atoms with Crippen LogP contribution in [-0.2, 0) is 13.6 Å². The molecule has 1 N–H and O–H groups in total. The van der Waals surface area contributed by atoms with Crippen molar-refractivity contribution in [2.45, 2.75) is 30.4 Å². The molecule has 0 radical (unpaired) electrons. The summed E-state index contributed by atoms with van der Waals surface area (Å²) in [7, 11) is 1.96. The van der Waals surface area contributed by atoms with E-state index in [-0.39, 0.29) is 0 Å². The molecule has 18 heavy (non-hydrogen) atoms. The maximum Gasteiger partial charge on any atom is 0.195 e. The highest BCUT2D eigenvalue weighted by atomic mass is 32.2. The third-order valence-electron chi connectivity index (χ3n) is 2.69. The lowest BCUT2D eigenvalue weighted by Gasteiger charge is -2.08. The number of rotatable bonds is 5. The summed E-state index contributed by atoms with van der Waals surface area (Å²) < 4.78 is 1.93. The van der Waals surface area contributed by atoms with Crippen molar-refractivity contribution in [3.8, 4) is 0 Å². The van der Waals surface area contributed by atoms with E-state index in [0.29, 0.717) is 0 Å². The van der Waals surface area contributed by atoms with E-state index >= 15 is 0 Å². The lowest BCUT2D eigenvalue weighted by atomic mass is 10.1. The van der Waals surface area contributed by atoms with E-state index in [4.69, 9.17) is 0 Å². The predicted octanol–water partition coefficient (Wildman–Crippen LogP) is 2.38. The van der Waals surface area contributed by atoms with Crippen molar-refractivity contribution >= 4 is 11.8 Å². The van der Waals surface area contributed by atoms with Crippen LogP contribution in [0.2, 0.25) is 0 Å². The lowest BCUT2D eigenvalue weighted by Crippen LogP contribution is -2.11. The third kappa shape index (κ3) is 3.11. The molecule has 0 spiro atoms. The highest BCUT2D eigenvalue weighted by molar-refractivity contribution is 7.99. The van der Waals surface area contributed by atoms with Gasteiger partial charge < -0.3 is 9.88 Å². The van der Waals surface area contributed by atoms with Crippen LogP contribution in [0.5, 0.6) is 0 Å². The number of aromatic nitrogens is 3. The fourth-order valence-corrected chi connectivity index (χ4v) is 2.50. The second kappa shape index (κ2) is 6.02. The molecule has 4 nitrogen and oxygen atoms in total. The van der Waals surface area contributed by atoms with Crippen molar-refractivity contribution in [1.29, 1.82) is 0 Å². The second-order valence-electron chi connectivity index (χ2n) is 4.21. The van der Waals surface area contributed by atoms with Gasteiger partial charge in [0, 0.05) is 18.5 Å². The predicted molar refractivity (Wildman–Crippen MR) is 73.7 cm³/mol. The third-order valence-corrected chi connectivity index (χ3v) is 3.92. The molecule has 1 aromatic heterocycles. The molecule has 0 aliphatic heterocycles. The van der Waals surface area contributed by atoms with E-state index < -0.39 is 0 Å². The molecule has 2 aromatic rings. The van der Waals surface area contributed by atoms with Crippen molar-refractivity contribution < 1.29 is 0 Å². The summed E-state index contributed by atoms with van der Waals surface area (Å²) in [5.74, 6) is 0. The zero-order chi connectivity index (χ0) is 13.0. The Morgan fingerprint density at radius 2 is 2.22 bits per heavy atom. The first-order valence-electron chi connectivity index (χ1n) is 6.02. The zero-order valence-corrected chi connectivity index (χ0v) is 11.8. The summed E-state index contributed by atoms with van der Waals surface area (Å²) >= 11 is 1.65. The summed E-state index contributed by atoms with van der Waals surface area (Å²) in [6.45, 7) is 6.17. The lowest BCUT2D eigenvalue weighted by molar-refractivity contribution is 0.725. The zero-order valence-electron chi connectivity index (χ0n) is 11.0. The van der Waals surface area contributed by atoms with Crippen LogP contribution in [-0.4, -0.2) is 21.3 Å². The van der Waals surface area contributed by atoms with Crippen molar-refractivity contribution in [3.63, 3.8) is 0 Å². The Bertz CT molecular complexity index is 521. The fraction of sp³-hybridized carbons (Fsp3) is 0.385. The Labute approximate surface area is 112 Å². The Morgan fingerprint density at radius 1 is 1.39 bits per heavy atom. The average molecular weight is 262 g/mol. The number of hydrogen-bond acceptors (Lipinski definition) is 4. The highest BCUT2D eigenvalue weighted by Gasteiger charge is 2.06. The maximum atomic E-state index is 4.09. The van der Waals surface area contributed by atoms with Gasteiger partial charge in [0.05, 0.1) is 0 Å². The first kappa shape index (κ1) is 13.1. The van der Waals surface area contributed by atoms with Gasteiger partial charge in [-0.05, 0) is 42.4 Å². The second-order valence-corrected chi connectivity index (χ2v) is 5.22. The highest BCUT2D eigenvalue weighted by Crippen LogP contribution is 2.28. The van der Waals surface area contributed by atoms with E-state index in [2.05, 4.69) is 47.6 Å². The number of aryl methyl sites for hydroxylation is 2. The number of nitrogens with zero attached hydrogens (tertiary/aromatic N) is 3. The number of hydrogen-bond donors (Lipinski definition) is 1. The monoisotopic (exact) mass is 262 g/mol. The molecule has 1 aromatic carbocycles. The van der Waals surface area contributed by atoms with Gasteiger partial charge in [0.2, 0.25) is 0 Å². The van der Waals surface area contributed by atoms with Gasteiger partial charge in [-0.2, -0.15) is 0 Å². The molecule has 0 aliphatic rings. The molecule has 2 rings (SSSR count). The molecule has 0 amide bonds. The van der Waals surface area contributed by atoms with Crippen LogP contribution in [0, 0.1) is 6.92 Å². The first-order valence-corrected chi connectivity index (χ1v) is 6.84. The van der Waals surface area contributed by atoms with Gasteiger partial charge in [-0.3, -0.25) is 0 Å². The first-order chi connectivity index (χ1) is 8.70. The number of benzene rings is 1. The Hall–Kier alpha value is -1.33. The summed E-state index contributed by atoms with van der Waals surface area (Å²) in [6, 6.07) is 6.54. The summed E-state index contributed by atoms with van der Waals surface area (Å²) in [4.78, 5) is 1.23. The Kier molecular flexibility index (Phi) is 4.38. The minimum atomic E-state index is 0.914. The van der Waals surface area contributed by atoms with E-state index in [1.807, 2.05) is 11.6 Å². The van der Waals surface area contributed by atoms with Gasteiger partial charge in [0.15, 0.2) is 5.16 Å². The van der Waals surface area contributed by atoms with Crippen molar-refractivity contribution in [2.75, 3.05) is 6.54 Å². The maximum absolute atomic E-state index is 4.09. The van der Waals surface area contributed by atoms with Crippen LogP contribution in [0.15, 0.2) is 34.6 Å². The van der Waals surface area contributed by atoms with Gasteiger partial charge in [-0.1, -0.05) is 19.1 Å². The topological polar surface area (TPSA) is 42.7 Å². The van der Waals surface area contributed by atoms with Gasteiger partial charge in [-0.15, -0.1) is 10.2 Å². The van der Waals surface area contributed by atoms with Crippen LogP contribution in [0.25, 0.3) is 0 Å². The minimum Gasteiger partial charge on any atom is -0.313 e. The molecule has 0 atom stereocenters. The largest absolute Gasteiger partial charge is 0.313 e. The summed E-state index contributed by atoms with van der Waals surface area (Å²) in [5.41, 5.74) is 2.59. The summed E-state index contributed by atoms with van der Waals surface area (Å²) in [6.07, 6.45) is 1.72. The summed E-state index contributed by atoms with van der Waals surface area (Å²) in [5, 5.41) is 12.2. The van der Waals surface area contributed by atoms with E-state index in [9.17, 15) is 0 Å². The van der Waals surface area contributed by atoms with Crippen LogP contribution in [0.3, 0.4) is 0 Å². The van der Waals surface area contributed by atoms with Crippen molar-refractivity contribution in [1.82, 2.24) is 20.1 Å². The van der Waals surface area contributed by atoms with Crippen LogP contribution >= 0.6 is 11.8 Å². The molecular weight excluding hydrogens is 244 g/mol. The average Bonchev–Trinajstić information content (AvgIpc) is 2.75. The molecule has 0 saturated carbocycles. The Morgan fingerprint density at radius 3 is 2.83 bits per heavy atom. The van der Waals surface area contributed by atoms with E-state index in [1.54, 1.807) is 18.1 Å². The van der Waals surface area contributed by atoms with Crippen LogP contribution in [0.4, 0.5) is 0 Å². The van der Waals surface area contributed by atoms with Crippen LogP contribution in [0.1, 0.15) is 18.1 Å². The SMILES string of the molecule is CCNCc1ccc(Sc2nncn2C)c(C)c1. The van der Waals surface area contributed by atoms with Gasteiger partial charge in [0.1, 0.15) is 6.33 Å². The quantitative estimate of drug-likeness (QED) is 0.898. The Balaban J connectivity index is 2.12. The standard InChI is InChI=1S/C13H18N4S/c1-4-14-8-11-5-6-12(10(2)7-11)18-13-16-15-9-17(13)3/h5-7,9,14H,4,8H2,1-3H3.